The van der Waals surface area contributed by atoms with Gasteiger partial charge in [0.15, 0.2) is 0 Å². The van der Waals surface area contributed by atoms with E-state index in [1.165, 1.54) is 23.7 Å². The number of hydrogen-bond donors (Lipinski definition) is 2. The lowest BCUT2D eigenvalue weighted by molar-refractivity contribution is -0.138. The molecule has 3 aromatic rings. The summed E-state index contributed by atoms with van der Waals surface area (Å²) >= 11 is 1.25. The topological polar surface area (TPSA) is 92.3 Å². The second-order valence-electron chi connectivity index (χ2n) is 10.3. The number of thiazole rings is 1. The number of carbonyl (C=O) groups is 1. The lowest BCUT2D eigenvalue weighted by Crippen LogP contribution is -2.40. The van der Waals surface area contributed by atoms with Gasteiger partial charge in [0.25, 0.3) is 5.91 Å². The van der Waals surface area contributed by atoms with Gasteiger partial charge in [0.1, 0.15) is 27.6 Å². The minimum Gasteiger partial charge on any atom is -0.487 e. The third kappa shape index (κ3) is 5.32. The van der Waals surface area contributed by atoms with Crippen LogP contribution in [0, 0.1) is 5.92 Å². The van der Waals surface area contributed by atoms with E-state index >= 15 is 0 Å². The number of nitrogens with zero attached hydrogens (tertiary/aromatic N) is 4. The van der Waals surface area contributed by atoms with E-state index in [2.05, 4.69) is 25.8 Å². The van der Waals surface area contributed by atoms with Gasteiger partial charge in [0, 0.05) is 36.0 Å². The maximum absolute atomic E-state index is 14.7. The predicted molar refractivity (Wildman–Crippen MR) is 140 cm³/mol. The zero-order valence-corrected chi connectivity index (χ0v) is 22.2. The predicted octanol–water partition coefficient (Wildman–Crippen LogP) is 5.02. The molecule has 1 amide bonds. The van der Waals surface area contributed by atoms with Crippen LogP contribution < -0.4 is 20.3 Å². The van der Waals surface area contributed by atoms with Gasteiger partial charge in [-0.2, -0.15) is 23.4 Å². The van der Waals surface area contributed by atoms with Crippen LogP contribution in [0.15, 0.2) is 29.9 Å². The van der Waals surface area contributed by atoms with Gasteiger partial charge < -0.3 is 20.3 Å². The van der Waals surface area contributed by atoms with Crippen LogP contribution in [0.5, 0.6) is 5.75 Å². The first-order chi connectivity index (χ1) is 18.1. The number of aromatic nitrogens is 3. The summed E-state index contributed by atoms with van der Waals surface area (Å²) in [5.41, 5.74) is -0.310. The average Bonchev–Trinajstić information content (AvgIpc) is 3.47. The number of hydrogen-bond acceptors (Lipinski definition) is 8. The number of anilines is 2. The van der Waals surface area contributed by atoms with E-state index in [0.29, 0.717) is 42.2 Å². The fourth-order valence-electron chi connectivity index (χ4n) is 5.25. The first-order valence-electron chi connectivity index (χ1n) is 12.5. The molecular weight excluding hydrogens is 517 g/mol. The zero-order chi connectivity index (χ0) is 27.1. The lowest BCUT2D eigenvalue weighted by Gasteiger charge is -2.37. The van der Waals surface area contributed by atoms with Gasteiger partial charge in [0.05, 0.1) is 23.8 Å². The number of ether oxygens (including phenoxy) is 1. The van der Waals surface area contributed by atoms with Gasteiger partial charge in [-0.15, -0.1) is 11.3 Å². The Morgan fingerprint density at radius 3 is 2.84 bits per heavy atom. The Morgan fingerprint density at radius 1 is 1.32 bits per heavy atom. The van der Waals surface area contributed by atoms with E-state index in [1.54, 1.807) is 36.3 Å². The number of fused-ring (bicyclic) bond motifs is 1. The van der Waals surface area contributed by atoms with E-state index in [0.717, 1.165) is 12.8 Å². The van der Waals surface area contributed by atoms with Gasteiger partial charge in [-0.25, -0.2) is 4.98 Å². The molecule has 0 spiro atoms. The number of amides is 1. The molecule has 1 atom stereocenters. The van der Waals surface area contributed by atoms with Gasteiger partial charge >= 0.3 is 6.18 Å². The minimum atomic E-state index is -4.68. The summed E-state index contributed by atoms with van der Waals surface area (Å²) in [5, 5.41) is 15.6. The SMILES string of the molecule is CNCC1CCCN(c2c(NC(=O)c3csc(-c4ccnnc4)n3)cc3c(c2C(F)(F)F)OC(C)(C)C3)C1. The Labute approximate surface area is 222 Å². The maximum atomic E-state index is 14.7. The lowest BCUT2D eigenvalue weighted by atomic mass is 9.94. The molecule has 12 heteroatoms. The van der Waals surface area contributed by atoms with Crippen LogP contribution >= 0.6 is 11.3 Å². The van der Waals surface area contributed by atoms with Gasteiger partial charge in [-0.1, -0.05) is 0 Å². The molecule has 1 fully saturated rings. The Hall–Kier alpha value is -3.25. The summed E-state index contributed by atoms with van der Waals surface area (Å²) in [6.45, 7) is 5.11. The molecule has 2 aliphatic heterocycles. The Kier molecular flexibility index (Phi) is 7.03. The van der Waals surface area contributed by atoms with Crippen LogP contribution in [0.4, 0.5) is 24.5 Å². The molecule has 0 radical (unpaired) electrons. The van der Waals surface area contributed by atoms with Crippen molar-refractivity contribution < 1.29 is 22.7 Å². The molecule has 1 unspecified atom stereocenters. The van der Waals surface area contributed by atoms with Crippen molar-refractivity contribution in [3.8, 4) is 16.3 Å². The Bertz CT molecular complexity index is 1330. The van der Waals surface area contributed by atoms with Crippen molar-refractivity contribution in [2.24, 2.45) is 5.92 Å². The maximum Gasteiger partial charge on any atom is 0.422 e. The van der Waals surface area contributed by atoms with Crippen molar-refractivity contribution in [2.45, 2.75) is 44.9 Å². The number of nitrogens with one attached hydrogen (secondary N) is 2. The molecule has 2 N–H and O–H groups in total. The summed E-state index contributed by atoms with van der Waals surface area (Å²) in [6, 6.07) is 3.36. The largest absolute Gasteiger partial charge is 0.487 e. The fourth-order valence-corrected chi connectivity index (χ4v) is 6.05. The number of carbonyl (C=O) groups excluding carboxylic acids is 1. The summed E-state index contributed by atoms with van der Waals surface area (Å²) in [7, 11) is 1.83. The summed E-state index contributed by atoms with van der Waals surface area (Å²) < 4.78 is 50.1. The number of rotatable bonds is 6. The average molecular weight is 547 g/mol. The van der Waals surface area contributed by atoms with Crippen molar-refractivity contribution in [3.63, 3.8) is 0 Å². The second-order valence-corrected chi connectivity index (χ2v) is 11.2. The van der Waals surface area contributed by atoms with Crippen LogP contribution in [-0.4, -0.2) is 53.4 Å². The highest BCUT2D eigenvalue weighted by molar-refractivity contribution is 7.13. The van der Waals surface area contributed by atoms with Crippen LogP contribution in [-0.2, 0) is 12.6 Å². The first-order valence-corrected chi connectivity index (χ1v) is 13.3. The summed E-state index contributed by atoms with van der Waals surface area (Å²) in [4.78, 5) is 19.4. The van der Waals surface area contributed by atoms with E-state index in [1.807, 2.05) is 7.05 Å². The van der Waals surface area contributed by atoms with Crippen molar-refractivity contribution in [1.82, 2.24) is 20.5 Å². The smallest absolute Gasteiger partial charge is 0.422 e. The molecule has 1 saturated heterocycles. The summed E-state index contributed by atoms with van der Waals surface area (Å²) in [6.07, 6.45) is 0.339. The molecular formula is C26H29F3N6O2S. The zero-order valence-electron chi connectivity index (χ0n) is 21.4. The molecule has 1 aromatic carbocycles. The highest BCUT2D eigenvalue weighted by Crippen LogP contribution is 2.52. The molecule has 0 saturated carbocycles. The molecule has 4 heterocycles. The van der Waals surface area contributed by atoms with E-state index in [4.69, 9.17) is 4.74 Å². The molecule has 5 rings (SSSR count). The quantitative estimate of drug-likeness (QED) is 0.449. The molecule has 0 aliphatic carbocycles. The van der Waals surface area contributed by atoms with Gasteiger partial charge in [-0.3, -0.25) is 4.79 Å². The van der Waals surface area contributed by atoms with Crippen molar-refractivity contribution in [1.29, 1.82) is 0 Å². The minimum absolute atomic E-state index is 0.0445. The first kappa shape index (κ1) is 26.4. The molecule has 2 aromatic heterocycles. The molecule has 38 heavy (non-hydrogen) atoms. The van der Waals surface area contributed by atoms with Crippen LogP contribution in [0.1, 0.15) is 48.3 Å². The van der Waals surface area contributed by atoms with E-state index in [9.17, 15) is 18.0 Å². The molecule has 8 nitrogen and oxygen atoms in total. The number of benzene rings is 1. The number of piperidine rings is 1. The van der Waals surface area contributed by atoms with Gasteiger partial charge in [-0.05, 0) is 58.3 Å². The van der Waals surface area contributed by atoms with E-state index in [-0.39, 0.29) is 28.7 Å². The van der Waals surface area contributed by atoms with E-state index < -0.39 is 23.2 Å². The van der Waals surface area contributed by atoms with Crippen molar-refractivity contribution >= 4 is 28.6 Å². The Balaban J connectivity index is 1.57. The van der Waals surface area contributed by atoms with Crippen LogP contribution in [0.25, 0.3) is 10.6 Å². The van der Waals surface area contributed by atoms with Crippen molar-refractivity contribution in [3.05, 3.63) is 46.7 Å². The third-order valence-corrected chi connectivity index (χ3v) is 7.64. The standard InChI is InChI=1S/C26H29F3N6O2S/c1-25(2)10-17-9-18(33-23(36)19-14-38-24(34-19)16-6-7-31-32-12-16)21(20(22(17)37-25)26(27,28)29)35-8-4-5-15(13-35)11-30-3/h6-7,9,12,14-15,30H,4-5,8,10-11,13H2,1-3H3,(H,33,36). The Morgan fingerprint density at radius 2 is 2.13 bits per heavy atom. The summed E-state index contributed by atoms with van der Waals surface area (Å²) in [5.74, 6) is -0.544. The molecule has 202 valence electrons. The van der Waals surface area contributed by atoms with Crippen LogP contribution in [0.3, 0.4) is 0 Å². The fraction of sp³-hybridized carbons (Fsp3) is 0.462. The highest BCUT2D eigenvalue weighted by Gasteiger charge is 2.46. The monoisotopic (exact) mass is 546 g/mol. The van der Waals surface area contributed by atoms with Gasteiger partial charge in [0.2, 0.25) is 0 Å². The third-order valence-electron chi connectivity index (χ3n) is 6.75. The normalized spacial score (nSPS) is 18.7. The van der Waals surface area contributed by atoms with Crippen molar-refractivity contribution in [2.75, 3.05) is 36.9 Å². The molecule has 2 aliphatic rings. The number of halogens is 3. The number of alkyl halides is 3. The highest BCUT2D eigenvalue weighted by atomic mass is 32.1. The molecule has 0 bridgehead atoms. The van der Waals surface area contributed by atoms with Crippen LogP contribution in [0.2, 0.25) is 0 Å². The second kappa shape index (κ2) is 10.1.